The van der Waals surface area contributed by atoms with Gasteiger partial charge in [-0.2, -0.15) is 0 Å². The van der Waals surface area contributed by atoms with Crippen molar-refractivity contribution in [2.45, 2.75) is 19.5 Å². The van der Waals surface area contributed by atoms with E-state index in [2.05, 4.69) is 10.3 Å². The lowest BCUT2D eigenvalue weighted by molar-refractivity contribution is 0.289. The lowest BCUT2D eigenvalue weighted by Crippen LogP contribution is -2.09. The SMILES string of the molecule is CC(N)c1cn(CCOc2ccc(Cl)cc2)nn1. The van der Waals surface area contributed by atoms with Gasteiger partial charge in [0.2, 0.25) is 0 Å². The first-order valence-electron chi connectivity index (χ1n) is 5.69. The van der Waals surface area contributed by atoms with Crippen molar-refractivity contribution >= 4 is 11.6 Å². The van der Waals surface area contributed by atoms with E-state index in [1.807, 2.05) is 25.3 Å². The molecule has 0 bridgehead atoms. The summed E-state index contributed by atoms with van der Waals surface area (Å²) in [4.78, 5) is 0. The number of hydrogen-bond donors (Lipinski definition) is 1. The highest BCUT2D eigenvalue weighted by Crippen LogP contribution is 2.15. The molecule has 0 fully saturated rings. The van der Waals surface area contributed by atoms with Gasteiger partial charge in [-0.3, -0.25) is 0 Å². The first-order valence-corrected chi connectivity index (χ1v) is 6.07. The van der Waals surface area contributed by atoms with Crippen molar-refractivity contribution in [2.75, 3.05) is 6.61 Å². The first kappa shape index (κ1) is 12.9. The van der Waals surface area contributed by atoms with Crippen LogP contribution in [0.5, 0.6) is 5.75 Å². The van der Waals surface area contributed by atoms with Crippen molar-refractivity contribution in [3.05, 3.63) is 41.2 Å². The fourth-order valence-electron chi connectivity index (χ4n) is 1.42. The third-order valence-corrected chi connectivity index (χ3v) is 2.68. The molecule has 0 amide bonds. The third kappa shape index (κ3) is 3.45. The Hall–Kier alpha value is -1.59. The van der Waals surface area contributed by atoms with E-state index in [4.69, 9.17) is 22.1 Å². The smallest absolute Gasteiger partial charge is 0.119 e. The number of rotatable bonds is 5. The van der Waals surface area contributed by atoms with E-state index < -0.39 is 0 Å². The van der Waals surface area contributed by atoms with Crippen LogP contribution >= 0.6 is 11.6 Å². The molecule has 5 nitrogen and oxygen atoms in total. The standard InChI is InChI=1S/C12H15ClN4O/c1-9(14)12-8-17(16-15-12)6-7-18-11-4-2-10(13)3-5-11/h2-5,8-9H,6-7,14H2,1H3. The Kier molecular flexibility index (Phi) is 4.17. The summed E-state index contributed by atoms with van der Waals surface area (Å²) in [6, 6.07) is 7.14. The molecule has 0 aliphatic carbocycles. The van der Waals surface area contributed by atoms with Crippen molar-refractivity contribution in [1.82, 2.24) is 15.0 Å². The highest BCUT2D eigenvalue weighted by Gasteiger charge is 2.04. The largest absolute Gasteiger partial charge is 0.492 e. The van der Waals surface area contributed by atoms with Gasteiger partial charge in [0.1, 0.15) is 12.4 Å². The second-order valence-electron chi connectivity index (χ2n) is 4.00. The van der Waals surface area contributed by atoms with Crippen LogP contribution in [0.3, 0.4) is 0 Å². The number of benzene rings is 1. The second kappa shape index (κ2) is 5.84. The van der Waals surface area contributed by atoms with E-state index in [0.29, 0.717) is 18.2 Å². The van der Waals surface area contributed by atoms with Gasteiger partial charge in [0.25, 0.3) is 0 Å². The molecule has 0 aliphatic heterocycles. The Morgan fingerprint density at radius 1 is 1.39 bits per heavy atom. The van der Waals surface area contributed by atoms with Crippen LogP contribution in [0.25, 0.3) is 0 Å². The van der Waals surface area contributed by atoms with Crippen LogP contribution in [0.15, 0.2) is 30.5 Å². The molecule has 96 valence electrons. The fraction of sp³-hybridized carbons (Fsp3) is 0.333. The summed E-state index contributed by atoms with van der Waals surface area (Å²) >= 11 is 5.78. The predicted molar refractivity (Wildman–Crippen MR) is 69.6 cm³/mol. The quantitative estimate of drug-likeness (QED) is 0.899. The van der Waals surface area contributed by atoms with Crippen LogP contribution in [0.4, 0.5) is 0 Å². The zero-order chi connectivity index (χ0) is 13.0. The van der Waals surface area contributed by atoms with E-state index >= 15 is 0 Å². The molecule has 18 heavy (non-hydrogen) atoms. The molecular weight excluding hydrogens is 252 g/mol. The summed E-state index contributed by atoms with van der Waals surface area (Å²) < 4.78 is 7.27. The summed E-state index contributed by atoms with van der Waals surface area (Å²) in [6.07, 6.45) is 1.83. The van der Waals surface area contributed by atoms with Gasteiger partial charge in [0.15, 0.2) is 0 Å². The maximum atomic E-state index is 5.78. The molecule has 0 aliphatic rings. The maximum Gasteiger partial charge on any atom is 0.119 e. The minimum absolute atomic E-state index is 0.101. The Labute approximate surface area is 111 Å². The van der Waals surface area contributed by atoms with Crippen LogP contribution in [-0.4, -0.2) is 21.6 Å². The van der Waals surface area contributed by atoms with Gasteiger partial charge in [-0.1, -0.05) is 16.8 Å². The summed E-state index contributed by atoms with van der Waals surface area (Å²) in [5, 5.41) is 8.63. The Bertz CT molecular complexity index is 495. The Morgan fingerprint density at radius 3 is 2.72 bits per heavy atom. The number of halogens is 1. The highest BCUT2D eigenvalue weighted by molar-refractivity contribution is 6.30. The van der Waals surface area contributed by atoms with Crippen LogP contribution < -0.4 is 10.5 Å². The molecule has 1 aromatic carbocycles. The van der Waals surface area contributed by atoms with Gasteiger partial charge in [-0.15, -0.1) is 5.10 Å². The summed E-state index contributed by atoms with van der Waals surface area (Å²) in [6.45, 7) is 3.02. The van der Waals surface area contributed by atoms with Gasteiger partial charge in [0.05, 0.1) is 18.4 Å². The minimum atomic E-state index is -0.101. The normalized spacial score (nSPS) is 12.4. The van der Waals surface area contributed by atoms with Gasteiger partial charge in [-0.25, -0.2) is 4.68 Å². The summed E-state index contributed by atoms with van der Waals surface area (Å²) in [7, 11) is 0. The van der Waals surface area contributed by atoms with Crippen molar-refractivity contribution in [3.63, 3.8) is 0 Å². The molecule has 1 unspecified atom stereocenters. The molecule has 2 aromatic rings. The van der Waals surface area contributed by atoms with Crippen LogP contribution in [0.2, 0.25) is 5.02 Å². The topological polar surface area (TPSA) is 66.0 Å². The average Bonchev–Trinajstić information content (AvgIpc) is 2.81. The number of nitrogens with two attached hydrogens (primary N) is 1. The number of ether oxygens (including phenoxy) is 1. The van der Waals surface area contributed by atoms with Gasteiger partial charge in [0, 0.05) is 11.1 Å². The van der Waals surface area contributed by atoms with Crippen LogP contribution in [0, 0.1) is 0 Å². The van der Waals surface area contributed by atoms with Crippen molar-refractivity contribution in [3.8, 4) is 5.75 Å². The molecular formula is C12H15ClN4O. The number of hydrogen-bond acceptors (Lipinski definition) is 4. The molecule has 1 aromatic heterocycles. The minimum Gasteiger partial charge on any atom is -0.492 e. The third-order valence-electron chi connectivity index (χ3n) is 2.43. The van der Waals surface area contributed by atoms with E-state index in [1.165, 1.54) is 0 Å². The lowest BCUT2D eigenvalue weighted by atomic mass is 10.3. The second-order valence-corrected chi connectivity index (χ2v) is 4.43. The van der Waals surface area contributed by atoms with Crippen molar-refractivity contribution in [2.24, 2.45) is 5.73 Å². The number of aromatic nitrogens is 3. The molecule has 0 spiro atoms. The highest BCUT2D eigenvalue weighted by atomic mass is 35.5. The summed E-state index contributed by atoms with van der Waals surface area (Å²) in [5.41, 5.74) is 6.48. The van der Waals surface area contributed by atoms with Crippen LogP contribution in [-0.2, 0) is 6.54 Å². The molecule has 1 heterocycles. The van der Waals surface area contributed by atoms with Crippen molar-refractivity contribution < 1.29 is 4.74 Å². The molecule has 6 heteroatoms. The average molecular weight is 267 g/mol. The molecule has 2 rings (SSSR count). The van der Waals surface area contributed by atoms with E-state index in [0.717, 1.165) is 11.4 Å². The number of nitrogens with zero attached hydrogens (tertiary/aromatic N) is 3. The Morgan fingerprint density at radius 2 is 2.11 bits per heavy atom. The molecule has 0 radical (unpaired) electrons. The lowest BCUT2D eigenvalue weighted by Gasteiger charge is -2.05. The monoisotopic (exact) mass is 266 g/mol. The van der Waals surface area contributed by atoms with E-state index in [9.17, 15) is 0 Å². The fourth-order valence-corrected chi connectivity index (χ4v) is 1.55. The summed E-state index contributed by atoms with van der Waals surface area (Å²) in [5.74, 6) is 0.784. The zero-order valence-corrected chi connectivity index (χ0v) is 10.8. The van der Waals surface area contributed by atoms with Crippen molar-refractivity contribution in [1.29, 1.82) is 0 Å². The molecule has 1 atom stereocenters. The van der Waals surface area contributed by atoms with Gasteiger partial charge < -0.3 is 10.5 Å². The van der Waals surface area contributed by atoms with Gasteiger partial charge >= 0.3 is 0 Å². The maximum absolute atomic E-state index is 5.78. The van der Waals surface area contributed by atoms with E-state index in [1.54, 1.807) is 16.8 Å². The predicted octanol–water partition coefficient (Wildman–Crippen LogP) is 2.03. The van der Waals surface area contributed by atoms with Gasteiger partial charge in [-0.05, 0) is 31.2 Å². The van der Waals surface area contributed by atoms with Crippen LogP contribution in [0.1, 0.15) is 18.7 Å². The first-order chi connectivity index (χ1) is 8.65. The molecule has 2 N–H and O–H groups in total. The van der Waals surface area contributed by atoms with E-state index in [-0.39, 0.29) is 6.04 Å². The molecule has 0 saturated heterocycles. The Balaban J connectivity index is 1.82. The molecule has 0 saturated carbocycles. The zero-order valence-electron chi connectivity index (χ0n) is 10.1.